The Morgan fingerprint density at radius 3 is 2.53 bits per heavy atom. The van der Waals surface area contributed by atoms with Crippen molar-refractivity contribution in [2.24, 2.45) is 0 Å². The molecule has 19 heavy (non-hydrogen) atoms. The van der Waals surface area contributed by atoms with Gasteiger partial charge >= 0.3 is 0 Å². The van der Waals surface area contributed by atoms with Crippen LogP contribution in [0.3, 0.4) is 0 Å². The molecule has 0 aliphatic rings. The third-order valence-electron chi connectivity index (χ3n) is 2.65. The van der Waals surface area contributed by atoms with Crippen LogP contribution >= 0.6 is 23.2 Å². The lowest BCUT2D eigenvalue weighted by Crippen LogP contribution is -2.34. The van der Waals surface area contributed by atoms with Crippen LogP contribution in [0.5, 0.6) is 0 Å². The second-order valence-corrected chi connectivity index (χ2v) is 6.34. The highest BCUT2D eigenvalue weighted by Gasteiger charge is 2.12. The first-order valence-electron chi connectivity index (χ1n) is 6.14. The Bertz CT molecular complexity index is 570. The number of nitrogens with one attached hydrogen (secondary N) is 1. The maximum Gasteiger partial charge on any atom is 0.135 e. The van der Waals surface area contributed by atoms with Gasteiger partial charge in [0, 0.05) is 16.1 Å². The molecule has 0 atom stereocenters. The Hall–Kier alpha value is -0.960. The molecule has 4 heteroatoms. The van der Waals surface area contributed by atoms with E-state index in [1.165, 1.54) is 0 Å². The fourth-order valence-electron chi connectivity index (χ4n) is 1.66. The molecule has 1 aromatic carbocycles. The molecule has 0 amide bonds. The van der Waals surface area contributed by atoms with Crippen molar-refractivity contribution in [2.75, 3.05) is 0 Å². The quantitative estimate of drug-likeness (QED) is 0.848. The molecular formula is C15H17Cl2NO. The second-order valence-electron chi connectivity index (χ2n) is 5.49. The van der Waals surface area contributed by atoms with Crippen molar-refractivity contribution < 1.29 is 4.42 Å². The molecule has 1 N–H and O–H groups in total. The maximum absolute atomic E-state index is 6.16. The van der Waals surface area contributed by atoms with Crippen LogP contribution in [0.4, 0.5) is 0 Å². The van der Waals surface area contributed by atoms with Crippen molar-refractivity contribution in [2.45, 2.75) is 32.9 Å². The highest BCUT2D eigenvalue weighted by atomic mass is 35.5. The fourth-order valence-corrected chi connectivity index (χ4v) is 2.04. The van der Waals surface area contributed by atoms with E-state index in [-0.39, 0.29) is 5.54 Å². The Morgan fingerprint density at radius 2 is 1.84 bits per heavy atom. The Morgan fingerprint density at radius 1 is 1.11 bits per heavy atom. The van der Waals surface area contributed by atoms with Gasteiger partial charge in [-0.15, -0.1) is 0 Å². The molecule has 1 heterocycles. The summed E-state index contributed by atoms with van der Waals surface area (Å²) in [5.41, 5.74) is 0.872. The molecule has 0 radical (unpaired) electrons. The van der Waals surface area contributed by atoms with Crippen LogP contribution < -0.4 is 5.32 Å². The normalized spacial score (nSPS) is 11.8. The molecule has 2 aromatic rings. The van der Waals surface area contributed by atoms with Gasteiger partial charge in [-0.1, -0.05) is 23.2 Å². The molecule has 2 nitrogen and oxygen atoms in total. The van der Waals surface area contributed by atoms with Crippen LogP contribution in [0.2, 0.25) is 10.0 Å². The van der Waals surface area contributed by atoms with Crippen LogP contribution in [0.25, 0.3) is 11.3 Å². The van der Waals surface area contributed by atoms with E-state index < -0.39 is 0 Å². The molecule has 0 unspecified atom stereocenters. The van der Waals surface area contributed by atoms with Gasteiger partial charge in [0.25, 0.3) is 0 Å². The minimum atomic E-state index is 0.0562. The lowest BCUT2D eigenvalue weighted by Gasteiger charge is -2.19. The van der Waals surface area contributed by atoms with Crippen molar-refractivity contribution in [3.05, 3.63) is 46.1 Å². The van der Waals surface area contributed by atoms with Crippen molar-refractivity contribution in [3.63, 3.8) is 0 Å². The summed E-state index contributed by atoms with van der Waals surface area (Å²) >= 11 is 12.1. The van der Waals surface area contributed by atoms with E-state index in [1.54, 1.807) is 12.1 Å². The van der Waals surface area contributed by atoms with Gasteiger partial charge in [-0.05, 0) is 51.1 Å². The Labute approximate surface area is 123 Å². The Balaban J connectivity index is 2.19. The van der Waals surface area contributed by atoms with Crippen LogP contribution in [0.1, 0.15) is 26.5 Å². The first-order valence-corrected chi connectivity index (χ1v) is 6.90. The summed E-state index contributed by atoms with van der Waals surface area (Å²) in [6.45, 7) is 7.03. The second kappa shape index (κ2) is 5.58. The summed E-state index contributed by atoms with van der Waals surface area (Å²) in [6, 6.07) is 9.21. The number of benzene rings is 1. The topological polar surface area (TPSA) is 25.2 Å². The minimum absolute atomic E-state index is 0.0562. The van der Waals surface area contributed by atoms with Crippen molar-refractivity contribution in [3.8, 4) is 11.3 Å². The van der Waals surface area contributed by atoms with Gasteiger partial charge in [0.2, 0.25) is 0 Å². The highest BCUT2D eigenvalue weighted by molar-refractivity contribution is 6.35. The van der Waals surface area contributed by atoms with Gasteiger partial charge in [0.15, 0.2) is 0 Å². The number of rotatable bonds is 3. The highest BCUT2D eigenvalue weighted by Crippen LogP contribution is 2.31. The number of hydrogen-bond acceptors (Lipinski definition) is 2. The molecule has 1 aromatic heterocycles. The zero-order valence-corrected chi connectivity index (χ0v) is 12.8. The lowest BCUT2D eigenvalue weighted by molar-refractivity contribution is 0.391. The number of halogens is 2. The predicted molar refractivity (Wildman–Crippen MR) is 80.8 cm³/mol. The molecule has 0 aliphatic carbocycles. The first kappa shape index (κ1) is 14.4. The molecule has 0 spiro atoms. The summed E-state index contributed by atoms with van der Waals surface area (Å²) in [5, 5.41) is 4.65. The molecule has 0 saturated carbocycles. The van der Waals surface area contributed by atoms with Crippen LogP contribution in [0, 0.1) is 0 Å². The van der Waals surface area contributed by atoms with Crippen LogP contribution in [-0.4, -0.2) is 5.54 Å². The number of furan rings is 1. The zero-order chi connectivity index (χ0) is 14.0. The van der Waals surface area contributed by atoms with Gasteiger partial charge in [0.1, 0.15) is 11.5 Å². The van der Waals surface area contributed by atoms with E-state index in [4.69, 9.17) is 27.6 Å². The summed E-state index contributed by atoms with van der Waals surface area (Å²) in [6.07, 6.45) is 0. The summed E-state index contributed by atoms with van der Waals surface area (Å²) in [4.78, 5) is 0. The van der Waals surface area contributed by atoms with Gasteiger partial charge < -0.3 is 9.73 Å². The van der Waals surface area contributed by atoms with Crippen molar-refractivity contribution in [1.82, 2.24) is 5.32 Å². The van der Waals surface area contributed by atoms with Gasteiger partial charge in [-0.25, -0.2) is 0 Å². The summed E-state index contributed by atoms with van der Waals surface area (Å²) in [7, 11) is 0. The largest absolute Gasteiger partial charge is 0.460 e. The van der Waals surface area contributed by atoms with E-state index in [9.17, 15) is 0 Å². The van der Waals surface area contributed by atoms with Gasteiger partial charge in [-0.3, -0.25) is 0 Å². The first-order chi connectivity index (χ1) is 8.85. The van der Waals surface area contributed by atoms with Gasteiger partial charge in [-0.2, -0.15) is 0 Å². The van der Waals surface area contributed by atoms with Crippen molar-refractivity contribution >= 4 is 23.2 Å². The third kappa shape index (κ3) is 4.00. The average molecular weight is 298 g/mol. The zero-order valence-electron chi connectivity index (χ0n) is 11.3. The van der Waals surface area contributed by atoms with Crippen LogP contribution in [-0.2, 0) is 6.54 Å². The minimum Gasteiger partial charge on any atom is -0.460 e. The lowest BCUT2D eigenvalue weighted by atomic mass is 10.1. The SMILES string of the molecule is CC(C)(C)NCc1ccc(-c2cc(Cl)ccc2Cl)o1. The van der Waals surface area contributed by atoms with E-state index >= 15 is 0 Å². The van der Waals surface area contributed by atoms with E-state index in [0.29, 0.717) is 16.6 Å². The molecular weight excluding hydrogens is 281 g/mol. The molecule has 2 rings (SSSR count). The predicted octanol–water partition coefficient (Wildman–Crippen LogP) is 5.14. The maximum atomic E-state index is 6.16. The summed E-state index contributed by atoms with van der Waals surface area (Å²) in [5.74, 6) is 1.61. The molecule has 0 saturated heterocycles. The van der Waals surface area contributed by atoms with E-state index in [0.717, 1.165) is 17.1 Å². The molecule has 102 valence electrons. The molecule has 0 fully saturated rings. The number of hydrogen-bond donors (Lipinski definition) is 1. The van der Waals surface area contributed by atoms with E-state index in [1.807, 2.05) is 18.2 Å². The monoisotopic (exact) mass is 297 g/mol. The molecule has 0 bridgehead atoms. The van der Waals surface area contributed by atoms with Gasteiger partial charge in [0.05, 0.1) is 11.6 Å². The molecule has 0 aliphatic heterocycles. The smallest absolute Gasteiger partial charge is 0.135 e. The standard InChI is InChI=1S/C15H17Cl2NO/c1-15(2,3)18-9-11-5-7-14(19-11)12-8-10(16)4-6-13(12)17/h4-8,18H,9H2,1-3H3. The van der Waals surface area contributed by atoms with Crippen LogP contribution in [0.15, 0.2) is 34.7 Å². The fraction of sp³-hybridized carbons (Fsp3) is 0.333. The third-order valence-corrected chi connectivity index (χ3v) is 3.21. The van der Waals surface area contributed by atoms with E-state index in [2.05, 4.69) is 26.1 Å². The average Bonchev–Trinajstić information content (AvgIpc) is 2.77. The van der Waals surface area contributed by atoms with Crippen molar-refractivity contribution in [1.29, 1.82) is 0 Å². The summed E-state index contributed by atoms with van der Waals surface area (Å²) < 4.78 is 5.80. The Kier molecular flexibility index (Phi) is 4.24.